The highest BCUT2D eigenvalue weighted by Gasteiger charge is 2.52. The zero-order chi connectivity index (χ0) is 26.8. The van der Waals surface area contributed by atoms with Gasteiger partial charge in [0, 0.05) is 27.8 Å². The molecular formula is C26H30Cl2FNO5S. The maximum Gasteiger partial charge on any atom is 0.304 e. The zero-order valence-electron chi connectivity index (χ0n) is 20.4. The summed E-state index contributed by atoms with van der Waals surface area (Å²) in [5.74, 6) is -3.07. The molecule has 1 fully saturated rings. The van der Waals surface area contributed by atoms with Crippen LogP contribution in [-0.2, 0) is 19.4 Å². The number of hydrogen-bond donors (Lipinski definition) is 1. The van der Waals surface area contributed by atoms with Crippen LogP contribution in [0.25, 0.3) is 0 Å². The first-order valence-electron chi connectivity index (χ1n) is 11.8. The van der Waals surface area contributed by atoms with E-state index in [1.165, 1.54) is 17.0 Å². The van der Waals surface area contributed by atoms with E-state index in [-0.39, 0.29) is 22.9 Å². The van der Waals surface area contributed by atoms with Gasteiger partial charge in [0.05, 0.1) is 23.6 Å². The van der Waals surface area contributed by atoms with E-state index in [0.29, 0.717) is 22.6 Å². The number of nitrogens with zero attached hydrogens (tertiary/aromatic N) is 1. The first-order chi connectivity index (χ1) is 16.8. The number of carbonyl (C=O) groups is 2. The predicted molar refractivity (Wildman–Crippen MR) is 139 cm³/mol. The fraction of sp³-hybridized carbons (Fsp3) is 0.462. The van der Waals surface area contributed by atoms with Crippen molar-refractivity contribution in [2.24, 2.45) is 5.41 Å². The van der Waals surface area contributed by atoms with E-state index in [2.05, 4.69) is 0 Å². The van der Waals surface area contributed by atoms with Crippen LogP contribution in [0.15, 0.2) is 42.5 Å². The largest absolute Gasteiger partial charge is 0.481 e. The van der Waals surface area contributed by atoms with Crippen molar-refractivity contribution in [3.63, 3.8) is 0 Å². The number of sulfone groups is 1. The summed E-state index contributed by atoms with van der Waals surface area (Å²) < 4.78 is 39.8. The smallest absolute Gasteiger partial charge is 0.304 e. The van der Waals surface area contributed by atoms with E-state index in [1.54, 1.807) is 51.1 Å². The second-order valence-corrected chi connectivity index (χ2v) is 12.9. The normalized spacial score (nSPS) is 23.5. The van der Waals surface area contributed by atoms with Crippen molar-refractivity contribution in [2.45, 2.75) is 58.0 Å². The first-order valence-corrected chi connectivity index (χ1v) is 14.3. The van der Waals surface area contributed by atoms with Gasteiger partial charge in [-0.05, 0) is 54.3 Å². The molecule has 2 aromatic rings. The number of carboxylic acids is 1. The number of carbonyl (C=O) groups excluding carboxylic acids is 1. The molecule has 196 valence electrons. The minimum Gasteiger partial charge on any atom is -0.481 e. The van der Waals surface area contributed by atoms with Gasteiger partial charge in [0.1, 0.15) is 5.82 Å². The summed E-state index contributed by atoms with van der Waals surface area (Å²) in [6.07, 6.45) is -0.0142. The third-order valence-corrected chi connectivity index (χ3v) is 9.16. The summed E-state index contributed by atoms with van der Waals surface area (Å²) in [6.45, 7) is 4.91. The second-order valence-electron chi connectivity index (χ2n) is 9.61. The van der Waals surface area contributed by atoms with Gasteiger partial charge in [0.25, 0.3) is 0 Å². The summed E-state index contributed by atoms with van der Waals surface area (Å²) in [7, 11) is -3.48. The molecule has 10 heteroatoms. The van der Waals surface area contributed by atoms with E-state index >= 15 is 0 Å². The van der Waals surface area contributed by atoms with Crippen LogP contribution in [0.2, 0.25) is 10.0 Å². The number of amides is 1. The SMILES string of the molecule is CC[C@@H](CS(=O)(=O)CC)N1C(=O)[C@@](C)(CC(=O)O)CC(c2cc(F)cc(Cl)c2)[C@H]1c1ccc(Cl)cc1. The van der Waals surface area contributed by atoms with Crippen molar-refractivity contribution in [3.05, 3.63) is 69.5 Å². The topological polar surface area (TPSA) is 91.8 Å². The van der Waals surface area contributed by atoms with Crippen LogP contribution in [0.4, 0.5) is 4.39 Å². The Morgan fingerprint density at radius 1 is 1.14 bits per heavy atom. The average molecular weight is 558 g/mol. The molecule has 4 atom stereocenters. The molecule has 1 N–H and O–H groups in total. The molecule has 6 nitrogen and oxygen atoms in total. The third kappa shape index (κ3) is 6.21. The van der Waals surface area contributed by atoms with E-state index in [4.69, 9.17) is 23.2 Å². The highest BCUT2D eigenvalue weighted by Crippen LogP contribution is 2.52. The molecule has 0 saturated carbocycles. The van der Waals surface area contributed by atoms with Gasteiger partial charge in [0.2, 0.25) is 5.91 Å². The molecule has 1 heterocycles. The fourth-order valence-electron chi connectivity index (χ4n) is 5.14. The lowest BCUT2D eigenvalue weighted by Gasteiger charge is -2.51. The van der Waals surface area contributed by atoms with Gasteiger partial charge in [-0.2, -0.15) is 0 Å². The summed E-state index contributed by atoms with van der Waals surface area (Å²) in [4.78, 5) is 27.4. The first kappa shape index (κ1) is 28.4. The molecule has 1 unspecified atom stereocenters. The van der Waals surface area contributed by atoms with E-state index in [9.17, 15) is 27.5 Å². The molecular weight excluding hydrogens is 528 g/mol. The van der Waals surface area contributed by atoms with Crippen molar-refractivity contribution in [1.29, 1.82) is 0 Å². The number of halogens is 3. The number of piperidine rings is 1. The number of aliphatic carboxylic acids is 1. The highest BCUT2D eigenvalue weighted by atomic mass is 35.5. The minimum atomic E-state index is -3.48. The molecule has 0 aromatic heterocycles. The summed E-state index contributed by atoms with van der Waals surface area (Å²) in [5, 5.41) is 10.3. The lowest BCUT2D eigenvalue weighted by Crippen LogP contribution is -2.57. The van der Waals surface area contributed by atoms with Gasteiger partial charge < -0.3 is 10.0 Å². The molecule has 2 aromatic carbocycles. The monoisotopic (exact) mass is 557 g/mol. The Hall–Kier alpha value is -2.16. The molecule has 3 rings (SSSR count). The summed E-state index contributed by atoms with van der Waals surface area (Å²) in [5.41, 5.74) is -0.160. The maximum atomic E-state index is 14.5. The second kappa shape index (κ2) is 11.1. The van der Waals surface area contributed by atoms with Crippen LogP contribution in [0, 0.1) is 11.2 Å². The maximum absolute atomic E-state index is 14.5. The average Bonchev–Trinajstić information content (AvgIpc) is 2.79. The molecule has 0 bridgehead atoms. The van der Waals surface area contributed by atoms with Crippen LogP contribution < -0.4 is 0 Å². The molecule has 1 aliphatic heterocycles. The van der Waals surface area contributed by atoms with E-state index in [0.717, 1.165) is 0 Å². The predicted octanol–water partition coefficient (Wildman–Crippen LogP) is 5.88. The molecule has 1 saturated heterocycles. The highest BCUT2D eigenvalue weighted by molar-refractivity contribution is 7.91. The minimum absolute atomic E-state index is 0.0908. The third-order valence-electron chi connectivity index (χ3n) is 6.92. The Bertz CT molecular complexity index is 1220. The number of benzene rings is 2. The molecule has 1 amide bonds. The van der Waals surface area contributed by atoms with Crippen molar-refractivity contribution >= 4 is 44.9 Å². The van der Waals surface area contributed by atoms with Gasteiger partial charge >= 0.3 is 5.97 Å². The Labute approximate surface area is 221 Å². The number of carboxylic acid groups (broad SMARTS) is 1. The Balaban J connectivity index is 2.29. The van der Waals surface area contributed by atoms with E-state index < -0.39 is 57.4 Å². The van der Waals surface area contributed by atoms with Gasteiger partial charge in [-0.3, -0.25) is 9.59 Å². The Morgan fingerprint density at radius 3 is 2.31 bits per heavy atom. The molecule has 0 radical (unpaired) electrons. The van der Waals surface area contributed by atoms with Crippen LogP contribution in [0.5, 0.6) is 0 Å². The summed E-state index contributed by atoms with van der Waals surface area (Å²) in [6, 6.07) is 9.55. The molecule has 0 aliphatic carbocycles. The van der Waals surface area contributed by atoms with Crippen molar-refractivity contribution in [1.82, 2.24) is 4.90 Å². The Kier molecular flexibility index (Phi) is 8.74. The molecule has 1 aliphatic rings. The van der Waals surface area contributed by atoms with Gasteiger partial charge in [-0.15, -0.1) is 0 Å². The van der Waals surface area contributed by atoms with Gasteiger partial charge in [0.15, 0.2) is 9.84 Å². The number of likely N-dealkylation sites (tertiary alicyclic amines) is 1. The lowest BCUT2D eigenvalue weighted by atomic mass is 9.67. The molecule has 36 heavy (non-hydrogen) atoms. The van der Waals surface area contributed by atoms with Crippen molar-refractivity contribution in [2.75, 3.05) is 11.5 Å². The summed E-state index contributed by atoms with van der Waals surface area (Å²) >= 11 is 12.3. The van der Waals surface area contributed by atoms with E-state index in [1.807, 2.05) is 0 Å². The van der Waals surface area contributed by atoms with Crippen LogP contribution in [0.3, 0.4) is 0 Å². The van der Waals surface area contributed by atoms with Gasteiger partial charge in [-0.1, -0.05) is 56.1 Å². The van der Waals surface area contributed by atoms with Crippen LogP contribution >= 0.6 is 23.2 Å². The number of rotatable bonds is 9. The quantitative estimate of drug-likeness (QED) is 0.415. The fourth-order valence-corrected chi connectivity index (χ4v) is 6.71. The van der Waals surface area contributed by atoms with Crippen molar-refractivity contribution < 1.29 is 27.5 Å². The van der Waals surface area contributed by atoms with Crippen molar-refractivity contribution in [3.8, 4) is 0 Å². The lowest BCUT2D eigenvalue weighted by molar-refractivity contribution is -0.160. The molecule has 0 spiro atoms. The zero-order valence-corrected chi connectivity index (χ0v) is 22.7. The van der Waals surface area contributed by atoms with Crippen LogP contribution in [0.1, 0.15) is 63.1 Å². The standard InChI is InChI=1S/C26H30Cl2FNO5S/c1-4-21(15-36(34,35)5-2)30-24(16-6-8-18(27)9-7-16)22(17-10-19(28)12-20(29)11-17)13-26(3,25(30)33)14-23(31)32/h6-12,21-22,24H,4-5,13-15H2,1-3H3,(H,31,32)/t21-,22?,24+,26+/m0/s1. The van der Waals surface area contributed by atoms with Gasteiger partial charge in [-0.25, -0.2) is 12.8 Å². The van der Waals surface area contributed by atoms with Crippen LogP contribution in [-0.4, -0.2) is 47.8 Å². The number of hydrogen-bond acceptors (Lipinski definition) is 4. The Morgan fingerprint density at radius 2 is 1.78 bits per heavy atom.